The van der Waals surface area contributed by atoms with E-state index in [1.54, 1.807) is 18.2 Å². The minimum Gasteiger partial charge on any atom is -0.353 e. The second-order valence-corrected chi connectivity index (χ2v) is 10.5. The van der Waals surface area contributed by atoms with E-state index in [4.69, 9.17) is 0 Å². The molecule has 1 N–H and O–H groups in total. The van der Waals surface area contributed by atoms with Crippen LogP contribution in [-0.4, -0.2) is 37.8 Å². The van der Waals surface area contributed by atoms with E-state index in [0.717, 1.165) is 0 Å². The van der Waals surface area contributed by atoms with Crippen molar-refractivity contribution in [2.45, 2.75) is 44.6 Å². The van der Waals surface area contributed by atoms with Crippen molar-refractivity contribution in [3.8, 4) is 0 Å². The van der Waals surface area contributed by atoms with E-state index in [2.05, 4.69) is 51.0 Å². The van der Waals surface area contributed by atoms with Crippen LogP contribution in [0.25, 0.3) is 0 Å². The molecule has 2 rings (SSSR count). The van der Waals surface area contributed by atoms with Gasteiger partial charge < -0.3 is 5.32 Å². The molecule has 1 atom stereocenters. The first-order valence-corrected chi connectivity index (χ1v) is 11.4. The lowest BCUT2D eigenvalue weighted by Gasteiger charge is -2.31. The number of hydrogen-bond donors (Lipinski definition) is 1. The maximum Gasteiger partial charge on any atom is 0.244 e. The third-order valence-electron chi connectivity index (χ3n) is 4.71. The van der Waals surface area contributed by atoms with Crippen molar-refractivity contribution in [2.75, 3.05) is 13.1 Å². The molecule has 0 spiro atoms. The summed E-state index contributed by atoms with van der Waals surface area (Å²) in [6.45, 7) is 6.84. The Kier molecular flexibility index (Phi) is 7.09. The molecule has 1 aromatic carbocycles. The topological polar surface area (TPSA) is 66.5 Å². The summed E-state index contributed by atoms with van der Waals surface area (Å²) in [4.78, 5) is 12.6. The Morgan fingerprint density at radius 2 is 1.80 bits per heavy atom. The van der Waals surface area contributed by atoms with Crippen molar-refractivity contribution >= 4 is 47.8 Å². The molecule has 1 aliphatic heterocycles. The first-order valence-electron chi connectivity index (χ1n) is 8.38. The van der Waals surface area contributed by atoms with E-state index < -0.39 is 10.0 Å². The molecule has 140 valence electrons. The van der Waals surface area contributed by atoms with Crippen LogP contribution in [0.2, 0.25) is 0 Å². The summed E-state index contributed by atoms with van der Waals surface area (Å²) in [5.74, 6) is 0.277. The fourth-order valence-electron chi connectivity index (χ4n) is 2.68. The van der Waals surface area contributed by atoms with Gasteiger partial charge in [-0.3, -0.25) is 4.79 Å². The molecule has 1 amide bonds. The fourth-order valence-corrected chi connectivity index (χ4v) is 5.61. The third kappa shape index (κ3) is 5.05. The minimum atomic E-state index is -3.58. The molecular weight excluding hydrogens is 472 g/mol. The van der Waals surface area contributed by atoms with Crippen molar-refractivity contribution in [2.24, 2.45) is 11.8 Å². The summed E-state index contributed by atoms with van der Waals surface area (Å²) in [5, 5.41) is 3.03. The van der Waals surface area contributed by atoms with E-state index in [1.807, 2.05) is 6.92 Å². The zero-order valence-corrected chi connectivity index (χ0v) is 18.6. The smallest absolute Gasteiger partial charge is 0.244 e. The van der Waals surface area contributed by atoms with Gasteiger partial charge in [-0.2, -0.15) is 4.31 Å². The van der Waals surface area contributed by atoms with Crippen LogP contribution >= 0.6 is 31.9 Å². The van der Waals surface area contributed by atoms with Crippen molar-refractivity contribution < 1.29 is 13.2 Å². The lowest BCUT2D eigenvalue weighted by molar-refractivity contribution is -0.127. The number of benzene rings is 1. The molecule has 0 aliphatic carbocycles. The van der Waals surface area contributed by atoms with Crippen LogP contribution in [0.1, 0.15) is 33.6 Å². The molecule has 1 saturated heterocycles. The van der Waals surface area contributed by atoms with Gasteiger partial charge in [-0.25, -0.2) is 8.42 Å². The van der Waals surface area contributed by atoms with Crippen molar-refractivity contribution in [1.29, 1.82) is 0 Å². The summed E-state index contributed by atoms with van der Waals surface area (Å²) in [6, 6.07) is 5.22. The summed E-state index contributed by atoms with van der Waals surface area (Å²) in [6.07, 6.45) is 1.09. The van der Waals surface area contributed by atoms with Gasteiger partial charge in [-0.15, -0.1) is 0 Å². The highest BCUT2D eigenvalue weighted by Crippen LogP contribution is 2.30. The molecule has 0 saturated carbocycles. The molecule has 1 aromatic rings. The van der Waals surface area contributed by atoms with Gasteiger partial charge in [0, 0.05) is 34.0 Å². The Morgan fingerprint density at radius 3 is 2.36 bits per heavy atom. The van der Waals surface area contributed by atoms with E-state index in [1.165, 1.54) is 4.31 Å². The molecule has 1 aliphatic rings. The predicted molar refractivity (Wildman–Crippen MR) is 106 cm³/mol. The molecule has 0 bridgehead atoms. The van der Waals surface area contributed by atoms with Gasteiger partial charge >= 0.3 is 0 Å². The Balaban J connectivity index is 2.04. The number of nitrogens with one attached hydrogen (secondary N) is 1. The summed E-state index contributed by atoms with van der Waals surface area (Å²) in [7, 11) is -3.58. The van der Waals surface area contributed by atoms with Crippen LogP contribution in [0.15, 0.2) is 32.0 Å². The summed E-state index contributed by atoms with van der Waals surface area (Å²) < 4.78 is 28.5. The van der Waals surface area contributed by atoms with Crippen molar-refractivity contribution in [3.05, 3.63) is 27.1 Å². The van der Waals surface area contributed by atoms with Crippen LogP contribution in [0.5, 0.6) is 0 Å². The van der Waals surface area contributed by atoms with Crippen LogP contribution in [0, 0.1) is 11.8 Å². The van der Waals surface area contributed by atoms with Crippen LogP contribution in [0.4, 0.5) is 0 Å². The number of carbonyl (C=O) groups excluding carboxylic acids is 1. The fraction of sp³-hybridized carbons (Fsp3) is 0.588. The maximum atomic E-state index is 12.9. The Morgan fingerprint density at radius 1 is 1.20 bits per heavy atom. The molecule has 0 radical (unpaired) electrons. The normalized spacial score (nSPS) is 18.3. The van der Waals surface area contributed by atoms with E-state index >= 15 is 0 Å². The lowest BCUT2D eigenvalue weighted by Crippen LogP contribution is -2.45. The van der Waals surface area contributed by atoms with Crippen LogP contribution < -0.4 is 5.32 Å². The maximum absolute atomic E-state index is 12.9. The predicted octanol–water partition coefficient (Wildman–Crippen LogP) is 3.77. The van der Waals surface area contributed by atoms with Crippen LogP contribution in [-0.2, 0) is 14.8 Å². The van der Waals surface area contributed by atoms with Gasteiger partial charge in [0.05, 0.1) is 4.90 Å². The highest BCUT2D eigenvalue weighted by molar-refractivity contribution is 9.11. The van der Waals surface area contributed by atoms with E-state index in [0.29, 0.717) is 40.8 Å². The minimum absolute atomic E-state index is 0.0295. The average molecular weight is 496 g/mol. The molecule has 8 heteroatoms. The van der Waals surface area contributed by atoms with Gasteiger partial charge in [-0.05, 0) is 59.8 Å². The van der Waals surface area contributed by atoms with Gasteiger partial charge in [0.1, 0.15) is 0 Å². The molecule has 25 heavy (non-hydrogen) atoms. The first-order chi connectivity index (χ1) is 11.6. The number of carbonyl (C=O) groups is 1. The lowest BCUT2D eigenvalue weighted by atomic mass is 9.96. The molecular formula is C17H24Br2N2O3S. The van der Waals surface area contributed by atoms with Gasteiger partial charge in [-0.1, -0.05) is 29.8 Å². The van der Waals surface area contributed by atoms with Crippen molar-refractivity contribution in [3.63, 3.8) is 0 Å². The number of amides is 1. The number of sulfonamides is 1. The molecule has 5 nitrogen and oxygen atoms in total. The van der Waals surface area contributed by atoms with Crippen LogP contribution in [0.3, 0.4) is 0 Å². The standard InChI is InChI=1S/C17H24Br2N2O3S/c1-11(2)12(3)20-17(22)13-6-8-21(9-7-13)25(23,24)16-10-14(18)4-5-15(16)19/h4-5,10-13H,6-9H2,1-3H3,(H,20,22). The molecule has 1 heterocycles. The second kappa shape index (κ2) is 8.50. The van der Waals surface area contributed by atoms with Gasteiger partial charge in [0.25, 0.3) is 0 Å². The Bertz CT molecular complexity index is 729. The Labute approximate surface area is 166 Å². The second-order valence-electron chi connectivity index (χ2n) is 6.79. The van der Waals surface area contributed by atoms with E-state index in [9.17, 15) is 13.2 Å². The first kappa shape index (κ1) is 20.9. The average Bonchev–Trinajstić information content (AvgIpc) is 2.56. The van der Waals surface area contributed by atoms with Gasteiger partial charge in [0.15, 0.2) is 0 Å². The van der Waals surface area contributed by atoms with Crippen molar-refractivity contribution in [1.82, 2.24) is 9.62 Å². The van der Waals surface area contributed by atoms with Gasteiger partial charge in [0.2, 0.25) is 15.9 Å². The molecule has 0 aromatic heterocycles. The third-order valence-corrected chi connectivity index (χ3v) is 8.09. The molecule has 1 unspecified atom stereocenters. The number of halogens is 2. The SMILES string of the molecule is CC(C)C(C)NC(=O)C1CCN(S(=O)(=O)c2cc(Br)ccc2Br)CC1. The van der Waals surface area contributed by atoms with E-state index in [-0.39, 0.29) is 22.8 Å². The number of rotatable bonds is 5. The highest BCUT2D eigenvalue weighted by atomic mass is 79.9. The summed E-state index contributed by atoms with van der Waals surface area (Å²) >= 11 is 6.64. The number of hydrogen-bond acceptors (Lipinski definition) is 3. The highest BCUT2D eigenvalue weighted by Gasteiger charge is 2.33. The quantitative estimate of drug-likeness (QED) is 0.675. The molecule has 1 fully saturated rings. The zero-order chi connectivity index (χ0) is 18.8. The summed E-state index contributed by atoms with van der Waals surface area (Å²) in [5.41, 5.74) is 0. The number of nitrogens with zero attached hydrogens (tertiary/aromatic N) is 1. The number of piperidine rings is 1. The largest absolute Gasteiger partial charge is 0.353 e. The zero-order valence-electron chi connectivity index (χ0n) is 14.6. The monoisotopic (exact) mass is 494 g/mol. The Hall–Kier alpha value is -0.440.